The van der Waals surface area contributed by atoms with Crippen molar-refractivity contribution in [2.75, 3.05) is 25.9 Å². The SMILES string of the molecule is CCCC1CC1NC(=NC)NC1CCN(S(=O)(=O)CC)CC1. The lowest BCUT2D eigenvalue weighted by atomic mass is 10.1. The van der Waals surface area contributed by atoms with Crippen molar-refractivity contribution in [3.05, 3.63) is 0 Å². The van der Waals surface area contributed by atoms with Gasteiger partial charge in [0.05, 0.1) is 5.75 Å². The lowest BCUT2D eigenvalue weighted by Gasteiger charge is -2.32. The van der Waals surface area contributed by atoms with Crippen LogP contribution in [-0.4, -0.2) is 56.7 Å². The fourth-order valence-corrected chi connectivity index (χ4v) is 4.25. The molecule has 6 nitrogen and oxygen atoms in total. The molecule has 2 unspecified atom stereocenters. The van der Waals surface area contributed by atoms with E-state index < -0.39 is 10.0 Å². The van der Waals surface area contributed by atoms with E-state index in [0.717, 1.165) is 24.7 Å². The average Bonchev–Trinajstić information content (AvgIpc) is 3.25. The Morgan fingerprint density at radius 1 is 1.23 bits per heavy atom. The summed E-state index contributed by atoms with van der Waals surface area (Å²) in [6.07, 6.45) is 5.43. The first-order valence-corrected chi connectivity index (χ1v) is 10.1. The van der Waals surface area contributed by atoms with Crippen molar-refractivity contribution in [3.63, 3.8) is 0 Å². The number of nitrogens with zero attached hydrogens (tertiary/aromatic N) is 2. The van der Waals surface area contributed by atoms with Crippen molar-refractivity contribution in [2.45, 2.75) is 58.0 Å². The van der Waals surface area contributed by atoms with E-state index in [0.29, 0.717) is 25.2 Å². The summed E-state index contributed by atoms with van der Waals surface area (Å²) in [6, 6.07) is 0.865. The van der Waals surface area contributed by atoms with Gasteiger partial charge in [-0.15, -0.1) is 0 Å². The highest BCUT2D eigenvalue weighted by molar-refractivity contribution is 7.89. The van der Waals surface area contributed by atoms with Crippen molar-refractivity contribution in [1.82, 2.24) is 14.9 Å². The minimum absolute atomic E-state index is 0.189. The lowest BCUT2D eigenvalue weighted by molar-refractivity contribution is 0.306. The first-order chi connectivity index (χ1) is 10.5. The number of rotatable bonds is 6. The van der Waals surface area contributed by atoms with E-state index in [-0.39, 0.29) is 5.75 Å². The third-order valence-electron chi connectivity index (χ3n) is 4.68. The molecule has 2 rings (SSSR count). The molecular formula is C15H30N4O2S. The zero-order valence-electron chi connectivity index (χ0n) is 14.0. The predicted molar refractivity (Wildman–Crippen MR) is 90.5 cm³/mol. The Labute approximate surface area is 134 Å². The molecule has 0 aromatic carbocycles. The van der Waals surface area contributed by atoms with E-state index in [9.17, 15) is 8.42 Å². The standard InChI is InChI=1S/C15H30N4O2S/c1-4-6-12-11-14(12)18-15(16-3)17-13-7-9-19(10-8-13)22(20,21)5-2/h12-14H,4-11H2,1-3H3,(H2,16,17,18). The highest BCUT2D eigenvalue weighted by atomic mass is 32.2. The molecule has 1 aliphatic heterocycles. The summed E-state index contributed by atoms with van der Waals surface area (Å²) in [4.78, 5) is 4.30. The summed E-state index contributed by atoms with van der Waals surface area (Å²) in [5.41, 5.74) is 0. The number of aliphatic imine (C=N–C) groups is 1. The van der Waals surface area contributed by atoms with Crippen LogP contribution in [0.15, 0.2) is 4.99 Å². The molecule has 1 saturated heterocycles. The van der Waals surface area contributed by atoms with Crippen LogP contribution in [0.4, 0.5) is 0 Å². The number of guanidine groups is 1. The van der Waals surface area contributed by atoms with Gasteiger partial charge in [-0.05, 0) is 38.5 Å². The maximum atomic E-state index is 11.9. The smallest absolute Gasteiger partial charge is 0.213 e. The predicted octanol–water partition coefficient (Wildman–Crippen LogP) is 1.15. The van der Waals surface area contributed by atoms with E-state index in [1.54, 1.807) is 18.3 Å². The molecule has 1 aliphatic carbocycles. The van der Waals surface area contributed by atoms with Crippen LogP contribution in [0.1, 0.15) is 46.0 Å². The van der Waals surface area contributed by atoms with Gasteiger partial charge in [0.25, 0.3) is 0 Å². The van der Waals surface area contributed by atoms with Crippen molar-refractivity contribution in [3.8, 4) is 0 Å². The first kappa shape index (κ1) is 17.5. The summed E-state index contributed by atoms with van der Waals surface area (Å²) in [5, 5.41) is 6.93. The molecule has 0 aromatic rings. The normalized spacial score (nSPS) is 27.7. The molecule has 2 fully saturated rings. The van der Waals surface area contributed by atoms with E-state index in [1.165, 1.54) is 19.3 Å². The van der Waals surface area contributed by atoms with Gasteiger partial charge < -0.3 is 10.6 Å². The number of nitrogens with one attached hydrogen (secondary N) is 2. The van der Waals surface area contributed by atoms with Gasteiger partial charge in [0, 0.05) is 32.2 Å². The highest BCUT2D eigenvalue weighted by Crippen LogP contribution is 2.34. The van der Waals surface area contributed by atoms with Gasteiger partial charge >= 0.3 is 0 Å². The maximum absolute atomic E-state index is 11.9. The summed E-state index contributed by atoms with van der Waals surface area (Å²) < 4.78 is 25.3. The van der Waals surface area contributed by atoms with Crippen molar-refractivity contribution < 1.29 is 8.42 Å². The van der Waals surface area contributed by atoms with Crippen LogP contribution in [0.3, 0.4) is 0 Å². The molecule has 0 spiro atoms. The van der Waals surface area contributed by atoms with E-state index in [2.05, 4.69) is 22.5 Å². The summed E-state index contributed by atoms with van der Waals surface area (Å²) in [6.45, 7) is 5.13. The molecule has 22 heavy (non-hydrogen) atoms. The summed E-state index contributed by atoms with van der Waals surface area (Å²) in [5.74, 6) is 1.84. The quantitative estimate of drug-likeness (QED) is 0.566. The van der Waals surface area contributed by atoms with E-state index in [4.69, 9.17) is 0 Å². The van der Waals surface area contributed by atoms with Crippen LogP contribution in [0.25, 0.3) is 0 Å². The maximum Gasteiger partial charge on any atom is 0.213 e. The fraction of sp³-hybridized carbons (Fsp3) is 0.933. The largest absolute Gasteiger partial charge is 0.354 e. The van der Waals surface area contributed by atoms with Gasteiger partial charge in [-0.3, -0.25) is 4.99 Å². The van der Waals surface area contributed by atoms with E-state index >= 15 is 0 Å². The molecule has 0 radical (unpaired) electrons. The zero-order valence-corrected chi connectivity index (χ0v) is 14.8. The molecule has 0 amide bonds. The van der Waals surface area contributed by atoms with Crippen LogP contribution in [0, 0.1) is 5.92 Å². The number of sulfonamides is 1. The Morgan fingerprint density at radius 3 is 2.45 bits per heavy atom. The summed E-state index contributed by atoms with van der Waals surface area (Å²) >= 11 is 0. The Hall–Kier alpha value is -0.820. The zero-order chi connectivity index (χ0) is 16.2. The van der Waals surface area contributed by atoms with Crippen molar-refractivity contribution in [1.29, 1.82) is 0 Å². The lowest BCUT2D eigenvalue weighted by Crippen LogP contribution is -2.50. The van der Waals surface area contributed by atoms with E-state index in [1.807, 2.05) is 0 Å². The topological polar surface area (TPSA) is 73.8 Å². The third kappa shape index (κ3) is 4.59. The molecule has 2 aliphatic rings. The molecule has 128 valence electrons. The molecule has 1 saturated carbocycles. The van der Waals surface area contributed by atoms with Gasteiger partial charge in [-0.1, -0.05) is 13.3 Å². The second-order valence-electron chi connectivity index (χ2n) is 6.33. The van der Waals surface area contributed by atoms with Gasteiger partial charge in [-0.2, -0.15) is 0 Å². The minimum atomic E-state index is -3.04. The van der Waals surface area contributed by atoms with Crippen molar-refractivity contribution in [2.24, 2.45) is 10.9 Å². The fourth-order valence-electron chi connectivity index (χ4n) is 3.11. The highest BCUT2D eigenvalue weighted by Gasteiger charge is 2.37. The second kappa shape index (κ2) is 7.64. The first-order valence-electron chi connectivity index (χ1n) is 8.47. The Bertz CT molecular complexity index is 484. The van der Waals surface area contributed by atoms with Gasteiger partial charge in [0.1, 0.15) is 0 Å². The molecule has 2 atom stereocenters. The molecular weight excluding hydrogens is 300 g/mol. The van der Waals surface area contributed by atoms with Crippen LogP contribution < -0.4 is 10.6 Å². The van der Waals surface area contributed by atoms with Crippen LogP contribution in [0.5, 0.6) is 0 Å². The average molecular weight is 330 g/mol. The number of hydrogen-bond acceptors (Lipinski definition) is 3. The van der Waals surface area contributed by atoms with Crippen LogP contribution in [0.2, 0.25) is 0 Å². The van der Waals surface area contributed by atoms with Crippen molar-refractivity contribution >= 4 is 16.0 Å². The van der Waals surface area contributed by atoms with Gasteiger partial charge in [-0.25, -0.2) is 12.7 Å². The third-order valence-corrected chi connectivity index (χ3v) is 6.56. The molecule has 7 heteroatoms. The second-order valence-corrected chi connectivity index (χ2v) is 8.58. The Balaban J connectivity index is 1.75. The minimum Gasteiger partial charge on any atom is -0.354 e. The van der Waals surface area contributed by atoms with Crippen LogP contribution in [-0.2, 0) is 10.0 Å². The molecule has 0 aromatic heterocycles. The molecule has 2 N–H and O–H groups in total. The van der Waals surface area contributed by atoms with Gasteiger partial charge in [0.15, 0.2) is 5.96 Å². The van der Waals surface area contributed by atoms with Crippen LogP contribution >= 0.6 is 0 Å². The number of hydrogen-bond donors (Lipinski definition) is 2. The molecule has 1 heterocycles. The Kier molecular flexibility index (Phi) is 6.09. The number of piperidine rings is 1. The summed E-state index contributed by atoms with van der Waals surface area (Å²) in [7, 11) is -1.25. The van der Waals surface area contributed by atoms with Gasteiger partial charge in [0.2, 0.25) is 10.0 Å². The monoisotopic (exact) mass is 330 g/mol. The Morgan fingerprint density at radius 2 is 1.91 bits per heavy atom. The molecule has 0 bridgehead atoms.